The van der Waals surface area contributed by atoms with Crippen molar-refractivity contribution in [1.29, 1.82) is 0 Å². The molecule has 0 saturated carbocycles. The van der Waals surface area contributed by atoms with Crippen LogP contribution in [0.4, 0.5) is 23.2 Å². The second-order valence-corrected chi connectivity index (χ2v) is 16.4. The van der Waals surface area contributed by atoms with Gasteiger partial charge in [0.2, 0.25) is 15.9 Å². The van der Waals surface area contributed by atoms with Crippen molar-refractivity contribution in [1.82, 2.24) is 9.21 Å². The number of sulfonamides is 1. The second-order valence-electron chi connectivity index (χ2n) is 13.0. The fourth-order valence-electron chi connectivity index (χ4n) is 6.35. The first-order valence-corrected chi connectivity index (χ1v) is 18.9. The summed E-state index contributed by atoms with van der Waals surface area (Å²) in [5.41, 5.74) is 1.83. The van der Waals surface area contributed by atoms with Crippen LogP contribution in [0.3, 0.4) is 0 Å². The third kappa shape index (κ3) is 10.3. The van der Waals surface area contributed by atoms with Crippen LogP contribution in [0.15, 0.2) is 77.7 Å². The number of hydrogen-bond acceptors (Lipinski definition) is 7. The maximum atomic E-state index is 13.2. The molecule has 0 unspecified atom stereocenters. The van der Waals surface area contributed by atoms with Gasteiger partial charge in [-0.1, -0.05) is 47.5 Å². The third-order valence-corrected chi connectivity index (χ3v) is 12.1. The SMILES string of the molecule is O=C(OC(=O)C(F)(F)F)c1ccc(S(=O)(=O)N2CCC(C(=O)Nc3cccc(C(Cl)(Cl)CCN4CCC(Cc5ccc(F)cc5)CC4)c3)CC2)cc1. The molecular formula is C36H37Cl2F4N3O6S. The summed E-state index contributed by atoms with van der Waals surface area (Å²) < 4.78 is 80.5. The van der Waals surface area contributed by atoms with Crippen LogP contribution in [0, 0.1) is 17.7 Å². The van der Waals surface area contributed by atoms with Gasteiger partial charge in [-0.2, -0.15) is 17.5 Å². The van der Waals surface area contributed by atoms with E-state index in [1.165, 1.54) is 16.4 Å². The number of benzene rings is 3. The number of ether oxygens (including phenoxy) is 1. The Balaban J connectivity index is 1.08. The number of halogens is 6. The number of likely N-dealkylation sites (tertiary alicyclic amines) is 1. The highest BCUT2D eigenvalue weighted by molar-refractivity contribution is 7.89. The number of esters is 2. The first-order valence-electron chi connectivity index (χ1n) is 16.7. The molecule has 2 heterocycles. The van der Waals surface area contributed by atoms with Gasteiger partial charge in [-0.15, -0.1) is 0 Å². The van der Waals surface area contributed by atoms with E-state index in [-0.39, 0.29) is 42.6 Å². The van der Waals surface area contributed by atoms with Crippen LogP contribution in [-0.4, -0.2) is 74.4 Å². The van der Waals surface area contributed by atoms with Crippen LogP contribution in [0.2, 0.25) is 0 Å². The number of rotatable bonds is 11. The highest BCUT2D eigenvalue weighted by atomic mass is 35.5. The maximum absolute atomic E-state index is 13.2. The van der Waals surface area contributed by atoms with Crippen molar-refractivity contribution in [2.45, 2.75) is 53.9 Å². The molecule has 5 rings (SSSR count). The number of alkyl halides is 5. The summed E-state index contributed by atoms with van der Waals surface area (Å²) in [6.07, 6.45) is -1.48. The van der Waals surface area contributed by atoms with Gasteiger partial charge in [0.15, 0.2) is 0 Å². The molecule has 16 heteroatoms. The van der Waals surface area contributed by atoms with Gasteiger partial charge in [-0.3, -0.25) is 4.79 Å². The van der Waals surface area contributed by atoms with Crippen LogP contribution < -0.4 is 5.32 Å². The van der Waals surface area contributed by atoms with E-state index in [0.717, 1.165) is 62.2 Å². The van der Waals surface area contributed by atoms with E-state index in [1.807, 2.05) is 12.1 Å². The molecule has 3 aromatic rings. The van der Waals surface area contributed by atoms with Gasteiger partial charge in [0.05, 0.1) is 10.5 Å². The average molecular weight is 787 g/mol. The summed E-state index contributed by atoms with van der Waals surface area (Å²) in [6.45, 7) is 2.56. The van der Waals surface area contributed by atoms with Gasteiger partial charge in [0.25, 0.3) is 0 Å². The molecule has 9 nitrogen and oxygen atoms in total. The van der Waals surface area contributed by atoms with Crippen LogP contribution in [-0.2, 0) is 35.1 Å². The Morgan fingerprint density at radius 3 is 2.12 bits per heavy atom. The molecule has 0 aliphatic carbocycles. The molecule has 2 aliphatic heterocycles. The van der Waals surface area contributed by atoms with Crippen LogP contribution in [0.25, 0.3) is 0 Å². The van der Waals surface area contributed by atoms with Gasteiger partial charge in [0.1, 0.15) is 10.2 Å². The van der Waals surface area contributed by atoms with Gasteiger partial charge < -0.3 is 15.0 Å². The van der Waals surface area contributed by atoms with E-state index >= 15 is 0 Å². The van der Waals surface area contributed by atoms with E-state index in [9.17, 15) is 40.4 Å². The molecule has 1 amide bonds. The smallest absolute Gasteiger partial charge is 0.383 e. The maximum Gasteiger partial charge on any atom is 0.491 e. The Labute approximate surface area is 309 Å². The predicted octanol–water partition coefficient (Wildman–Crippen LogP) is 7.09. The Bertz CT molecular complexity index is 1840. The van der Waals surface area contributed by atoms with E-state index in [2.05, 4.69) is 15.0 Å². The molecule has 2 fully saturated rings. The fraction of sp³-hybridized carbons (Fsp3) is 0.417. The lowest BCUT2D eigenvalue weighted by Gasteiger charge is -2.33. The van der Waals surface area contributed by atoms with Gasteiger partial charge in [-0.05, 0) is 117 Å². The zero-order chi connectivity index (χ0) is 37.7. The van der Waals surface area contributed by atoms with Gasteiger partial charge in [0, 0.05) is 31.2 Å². The van der Waals surface area contributed by atoms with Crippen LogP contribution >= 0.6 is 23.2 Å². The van der Waals surface area contributed by atoms with Crippen LogP contribution in [0.1, 0.15) is 53.6 Å². The molecule has 0 atom stereocenters. The minimum atomic E-state index is -5.36. The molecule has 0 bridgehead atoms. The molecule has 3 aromatic carbocycles. The molecule has 0 spiro atoms. The predicted molar refractivity (Wildman–Crippen MR) is 187 cm³/mol. The lowest BCUT2D eigenvalue weighted by molar-refractivity contribution is -0.193. The van der Waals surface area contributed by atoms with E-state index in [1.54, 1.807) is 24.3 Å². The summed E-state index contributed by atoms with van der Waals surface area (Å²) in [6, 6.07) is 17.6. The number of anilines is 1. The summed E-state index contributed by atoms with van der Waals surface area (Å²) in [7, 11) is -4.05. The lowest BCUT2D eigenvalue weighted by Crippen LogP contribution is -2.41. The normalized spacial score (nSPS) is 17.1. The zero-order valence-corrected chi connectivity index (χ0v) is 30.2. The number of carbonyl (C=O) groups is 3. The fourth-order valence-corrected chi connectivity index (χ4v) is 8.22. The van der Waals surface area contributed by atoms with Crippen molar-refractivity contribution in [3.05, 3.63) is 95.3 Å². The Morgan fingerprint density at radius 1 is 0.865 bits per heavy atom. The molecule has 0 aromatic heterocycles. The lowest BCUT2D eigenvalue weighted by atomic mass is 9.90. The number of hydrogen-bond donors (Lipinski definition) is 1. The molecular weight excluding hydrogens is 749 g/mol. The van der Waals surface area contributed by atoms with Gasteiger partial charge >= 0.3 is 18.1 Å². The minimum Gasteiger partial charge on any atom is -0.383 e. The first kappa shape index (κ1) is 39.6. The quantitative estimate of drug-likeness (QED) is 0.0957. The van der Waals surface area contributed by atoms with E-state index in [4.69, 9.17) is 23.2 Å². The highest BCUT2D eigenvalue weighted by Gasteiger charge is 2.42. The Hall–Kier alpha value is -3.56. The summed E-state index contributed by atoms with van der Waals surface area (Å²) in [5, 5.41) is 2.89. The molecule has 280 valence electrons. The number of amides is 1. The zero-order valence-electron chi connectivity index (χ0n) is 27.9. The molecule has 0 radical (unpaired) electrons. The minimum absolute atomic E-state index is 0.0281. The average Bonchev–Trinajstić information content (AvgIpc) is 3.12. The monoisotopic (exact) mass is 785 g/mol. The van der Waals surface area contributed by atoms with Crippen molar-refractivity contribution >= 4 is 56.8 Å². The summed E-state index contributed by atoms with van der Waals surface area (Å²) in [4.78, 5) is 38.1. The molecule has 52 heavy (non-hydrogen) atoms. The largest absolute Gasteiger partial charge is 0.491 e. The molecule has 2 aliphatic rings. The molecule has 1 N–H and O–H groups in total. The van der Waals surface area contributed by atoms with Crippen molar-refractivity contribution < 1.29 is 45.1 Å². The number of carbonyl (C=O) groups excluding carboxylic acids is 3. The van der Waals surface area contributed by atoms with Crippen LogP contribution in [0.5, 0.6) is 0 Å². The van der Waals surface area contributed by atoms with E-state index in [0.29, 0.717) is 30.1 Å². The standard InChI is InChI=1S/C36H37Cl2F4N3O6S/c37-35(38,16-21-44-17-12-25(13-18-44)22-24-4-8-29(39)9-5-24)28-2-1-3-30(23-28)43-32(46)26-14-19-45(20-15-26)52(49,50)31-10-6-27(7-11-31)33(47)51-34(48)36(40,41)42/h1-11,23,25-26H,12-22H2,(H,43,46). The van der Waals surface area contributed by atoms with E-state index < -0.39 is 44.0 Å². The Kier molecular flexibility index (Phi) is 12.7. The second kappa shape index (κ2) is 16.6. The highest BCUT2D eigenvalue weighted by Crippen LogP contribution is 2.39. The number of nitrogens with one attached hydrogen (secondary N) is 1. The number of nitrogens with zero attached hydrogens (tertiary/aromatic N) is 2. The number of piperidine rings is 2. The van der Waals surface area contributed by atoms with Crippen molar-refractivity contribution in [3.8, 4) is 0 Å². The summed E-state index contributed by atoms with van der Waals surface area (Å²) >= 11 is 13.6. The van der Waals surface area contributed by atoms with Crippen molar-refractivity contribution in [3.63, 3.8) is 0 Å². The Morgan fingerprint density at radius 2 is 1.50 bits per heavy atom. The van der Waals surface area contributed by atoms with Gasteiger partial charge in [-0.25, -0.2) is 22.4 Å². The van der Waals surface area contributed by atoms with Crippen molar-refractivity contribution in [2.24, 2.45) is 11.8 Å². The molecule has 2 saturated heterocycles. The summed E-state index contributed by atoms with van der Waals surface area (Å²) in [5.74, 6) is -4.73. The van der Waals surface area contributed by atoms with Crippen molar-refractivity contribution in [2.75, 3.05) is 38.0 Å². The first-order chi connectivity index (χ1) is 24.5. The topological polar surface area (TPSA) is 113 Å². The third-order valence-electron chi connectivity index (χ3n) is 9.41.